The van der Waals surface area contributed by atoms with Crippen molar-refractivity contribution in [2.45, 2.75) is 111 Å². The third kappa shape index (κ3) is 6.53. The van der Waals surface area contributed by atoms with E-state index in [0.717, 1.165) is 44.8 Å². The van der Waals surface area contributed by atoms with Gasteiger partial charge in [-0.25, -0.2) is 4.79 Å². The lowest BCUT2D eigenvalue weighted by Crippen LogP contribution is -2.61. The summed E-state index contributed by atoms with van der Waals surface area (Å²) in [6.07, 6.45) is 7.12. The smallest absolute Gasteiger partial charge is 0.315 e. The van der Waals surface area contributed by atoms with Crippen LogP contribution in [0.15, 0.2) is 0 Å². The molecular formula is C24H41N3O4. The first-order valence-corrected chi connectivity index (χ1v) is 11.7. The van der Waals surface area contributed by atoms with E-state index in [0.29, 0.717) is 19.4 Å². The molecule has 0 aromatic carbocycles. The Balaban J connectivity index is 2.16. The van der Waals surface area contributed by atoms with E-state index in [2.05, 4.69) is 10.6 Å². The van der Waals surface area contributed by atoms with Crippen molar-refractivity contribution in [1.82, 2.24) is 15.5 Å². The summed E-state index contributed by atoms with van der Waals surface area (Å²) in [5.41, 5.74) is -1.56. The number of amides is 3. The third-order valence-corrected chi connectivity index (χ3v) is 6.65. The van der Waals surface area contributed by atoms with Gasteiger partial charge in [0.1, 0.15) is 18.1 Å². The Kier molecular flexibility index (Phi) is 7.93. The molecule has 1 saturated heterocycles. The molecule has 2 rings (SSSR count). The molecule has 2 aliphatic rings. The lowest BCUT2D eigenvalue weighted by atomic mass is 9.74. The average molecular weight is 436 g/mol. The monoisotopic (exact) mass is 435 g/mol. The summed E-state index contributed by atoms with van der Waals surface area (Å²) in [4.78, 5) is 52.1. The van der Waals surface area contributed by atoms with E-state index in [9.17, 15) is 19.2 Å². The Morgan fingerprint density at radius 2 is 1.65 bits per heavy atom. The number of aldehydes is 1. The second kappa shape index (κ2) is 9.70. The third-order valence-electron chi connectivity index (χ3n) is 6.65. The van der Waals surface area contributed by atoms with Gasteiger partial charge in [-0.3, -0.25) is 9.59 Å². The van der Waals surface area contributed by atoms with Crippen LogP contribution in [0.25, 0.3) is 0 Å². The minimum Gasteiger partial charge on any atom is -0.332 e. The molecule has 0 spiro atoms. The second-order valence-corrected chi connectivity index (χ2v) is 11.5. The number of nitrogens with zero attached hydrogens (tertiary/aromatic N) is 1. The van der Waals surface area contributed by atoms with Crippen LogP contribution in [0.1, 0.15) is 92.9 Å². The van der Waals surface area contributed by atoms with Crippen LogP contribution in [-0.2, 0) is 14.4 Å². The Hall–Kier alpha value is -1.92. The van der Waals surface area contributed by atoms with Crippen LogP contribution < -0.4 is 10.6 Å². The molecule has 1 unspecified atom stereocenters. The summed E-state index contributed by atoms with van der Waals surface area (Å²) in [6.45, 7) is 11.9. The molecule has 1 aliphatic heterocycles. The molecule has 1 saturated carbocycles. The highest BCUT2D eigenvalue weighted by atomic mass is 16.2. The van der Waals surface area contributed by atoms with E-state index in [-0.39, 0.29) is 11.7 Å². The SMILES string of the molecule is CC(C)(C)C(=O)CC1(NC(=O)NC(C(=O)N2CCC[C@H]2C=O)C(C)(C)C)CCCCC1. The van der Waals surface area contributed by atoms with E-state index in [1.165, 1.54) is 0 Å². The van der Waals surface area contributed by atoms with Gasteiger partial charge < -0.3 is 20.3 Å². The summed E-state index contributed by atoms with van der Waals surface area (Å²) in [6, 6.07) is -1.60. The van der Waals surface area contributed by atoms with Gasteiger partial charge in [-0.2, -0.15) is 0 Å². The molecule has 0 bridgehead atoms. The van der Waals surface area contributed by atoms with Crippen molar-refractivity contribution >= 4 is 24.0 Å². The molecule has 2 fully saturated rings. The van der Waals surface area contributed by atoms with E-state index in [4.69, 9.17) is 0 Å². The van der Waals surface area contributed by atoms with Gasteiger partial charge in [-0.15, -0.1) is 0 Å². The van der Waals surface area contributed by atoms with Gasteiger partial charge in [0.15, 0.2) is 0 Å². The van der Waals surface area contributed by atoms with E-state index in [1.54, 1.807) is 4.90 Å². The summed E-state index contributed by atoms with van der Waals surface area (Å²) in [7, 11) is 0. The van der Waals surface area contributed by atoms with Gasteiger partial charge in [-0.05, 0) is 31.1 Å². The van der Waals surface area contributed by atoms with Crippen molar-refractivity contribution < 1.29 is 19.2 Å². The number of carbonyl (C=O) groups excluding carboxylic acids is 4. The highest BCUT2D eigenvalue weighted by molar-refractivity contribution is 5.90. The molecule has 176 valence electrons. The number of ketones is 1. The Bertz CT molecular complexity index is 684. The molecular weight excluding hydrogens is 394 g/mol. The summed E-state index contributed by atoms with van der Waals surface area (Å²) in [5, 5.41) is 5.99. The fourth-order valence-corrected chi connectivity index (χ4v) is 4.58. The number of carbonyl (C=O) groups is 4. The lowest BCUT2D eigenvalue weighted by Gasteiger charge is -2.40. The van der Waals surface area contributed by atoms with Gasteiger partial charge in [0.05, 0.1) is 6.04 Å². The average Bonchev–Trinajstić information content (AvgIpc) is 3.13. The van der Waals surface area contributed by atoms with Crippen LogP contribution in [0.5, 0.6) is 0 Å². The maximum atomic E-state index is 13.2. The number of rotatable bonds is 6. The summed E-state index contributed by atoms with van der Waals surface area (Å²) >= 11 is 0. The Morgan fingerprint density at radius 1 is 1.03 bits per heavy atom. The number of likely N-dealkylation sites (tertiary alicyclic amines) is 1. The van der Waals surface area contributed by atoms with Crippen LogP contribution >= 0.6 is 0 Å². The number of urea groups is 1. The van der Waals surface area contributed by atoms with Gasteiger partial charge >= 0.3 is 6.03 Å². The van der Waals surface area contributed by atoms with Crippen molar-refractivity contribution in [3.8, 4) is 0 Å². The van der Waals surface area contributed by atoms with Gasteiger partial charge in [0.2, 0.25) is 5.91 Å². The largest absolute Gasteiger partial charge is 0.332 e. The molecule has 1 heterocycles. The molecule has 0 radical (unpaired) electrons. The first-order chi connectivity index (χ1) is 14.3. The predicted octanol–water partition coefficient (Wildman–Crippen LogP) is 3.60. The Labute approximate surface area is 187 Å². The molecule has 7 heteroatoms. The number of hydrogen-bond donors (Lipinski definition) is 2. The predicted molar refractivity (Wildman–Crippen MR) is 121 cm³/mol. The first kappa shape index (κ1) is 25.3. The quantitative estimate of drug-likeness (QED) is 0.623. The Morgan fingerprint density at radius 3 is 2.16 bits per heavy atom. The summed E-state index contributed by atoms with van der Waals surface area (Å²) in [5.74, 6) is -0.0928. The second-order valence-electron chi connectivity index (χ2n) is 11.5. The zero-order chi connectivity index (χ0) is 23.4. The fourth-order valence-electron chi connectivity index (χ4n) is 4.58. The maximum Gasteiger partial charge on any atom is 0.315 e. The van der Waals surface area contributed by atoms with Crippen molar-refractivity contribution in [2.24, 2.45) is 10.8 Å². The van der Waals surface area contributed by atoms with Crippen molar-refractivity contribution in [3.63, 3.8) is 0 Å². The zero-order valence-electron chi connectivity index (χ0n) is 20.2. The van der Waals surface area contributed by atoms with E-state index >= 15 is 0 Å². The molecule has 3 amide bonds. The van der Waals surface area contributed by atoms with Crippen molar-refractivity contribution in [1.29, 1.82) is 0 Å². The molecule has 7 nitrogen and oxygen atoms in total. The fraction of sp³-hybridized carbons (Fsp3) is 0.833. The number of nitrogens with one attached hydrogen (secondary N) is 2. The lowest BCUT2D eigenvalue weighted by molar-refractivity contribution is -0.138. The van der Waals surface area contributed by atoms with Crippen molar-refractivity contribution in [2.75, 3.05) is 6.54 Å². The van der Waals surface area contributed by atoms with Crippen LogP contribution in [-0.4, -0.2) is 53.1 Å². The topological polar surface area (TPSA) is 95.6 Å². The van der Waals surface area contributed by atoms with Crippen LogP contribution in [0.4, 0.5) is 4.79 Å². The molecule has 2 N–H and O–H groups in total. The van der Waals surface area contributed by atoms with E-state index in [1.807, 2.05) is 41.5 Å². The molecule has 1 aliphatic carbocycles. The highest BCUT2D eigenvalue weighted by Crippen LogP contribution is 2.34. The zero-order valence-corrected chi connectivity index (χ0v) is 20.2. The van der Waals surface area contributed by atoms with Gasteiger partial charge in [-0.1, -0.05) is 60.8 Å². The maximum absolute atomic E-state index is 13.2. The van der Waals surface area contributed by atoms with Crippen LogP contribution in [0, 0.1) is 10.8 Å². The first-order valence-electron chi connectivity index (χ1n) is 11.7. The molecule has 2 atom stereocenters. The van der Waals surface area contributed by atoms with Gasteiger partial charge in [0, 0.05) is 23.9 Å². The normalized spacial score (nSPS) is 22.5. The van der Waals surface area contributed by atoms with Crippen LogP contribution in [0.2, 0.25) is 0 Å². The van der Waals surface area contributed by atoms with Crippen molar-refractivity contribution in [3.05, 3.63) is 0 Å². The summed E-state index contributed by atoms with van der Waals surface area (Å²) < 4.78 is 0. The highest BCUT2D eigenvalue weighted by Gasteiger charge is 2.42. The van der Waals surface area contributed by atoms with E-state index < -0.39 is 34.5 Å². The number of hydrogen-bond acceptors (Lipinski definition) is 4. The van der Waals surface area contributed by atoms with Crippen LogP contribution in [0.3, 0.4) is 0 Å². The standard InChI is InChI=1S/C24H41N3O4/c1-22(2,3)18(29)15-24(12-8-7-9-13-24)26-21(31)25-19(23(4,5)6)20(30)27-14-10-11-17(27)16-28/h16-17,19H,7-15H2,1-6H3,(H2,25,26,31)/t17-,19?/m0/s1. The number of Topliss-reactive ketones (excluding diaryl/α,β-unsaturated/α-hetero) is 1. The minimum atomic E-state index is -0.757. The molecule has 0 aromatic heterocycles. The molecule has 31 heavy (non-hydrogen) atoms. The van der Waals surface area contributed by atoms with Gasteiger partial charge in [0.25, 0.3) is 0 Å². The minimum absolute atomic E-state index is 0.129. The molecule has 0 aromatic rings.